The van der Waals surface area contributed by atoms with Crippen LogP contribution in [0, 0.1) is 0 Å². The Morgan fingerprint density at radius 1 is 0.709 bits per heavy atom. The number of aliphatic hydroxyl groups is 1. The Morgan fingerprint density at radius 3 is 1.91 bits per heavy atom. The van der Waals surface area contributed by atoms with Crippen LogP contribution < -0.4 is 32.3 Å². The Hall–Kier alpha value is -6.61. The maximum absolute atomic E-state index is 13.9. The summed E-state index contributed by atoms with van der Waals surface area (Å²) >= 11 is 0. The Labute approximate surface area is 312 Å². The molecule has 0 saturated heterocycles. The van der Waals surface area contributed by atoms with Gasteiger partial charge in [-0.2, -0.15) is 0 Å². The number of hydrogen-bond acceptors (Lipinski definition) is 11. The van der Waals surface area contributed by atoms with Crippen molar-refractivity contribution in [3.63, 3.8) is 0 Å². The largest absolute Gasteiger partial charge is 0.481 e. The van der Waals surface area contributed by atoms with Crippen LogP contribution in [0.25, 0.3) is 10.9 Å². The second-order valence-corrected chi connectivity index (χ2v) is 12.7. The lowest BCUT2D eigenvalue weighted by atomic mass is 10.0. The Kier molecular flexibility index (Phi) is 14.6. The highest BCUT2D eigenvalue weighted by atomic mass is 16.4. The first-order chi connectivity index (χ1) is 26.2. The average molecular weight is 766 g/mol. The first-order valence-corrected chi connectivity index (χ1v) is 17.1. The SMILES string of the molecule is C[C@H](NC(=O)[C@@H](N)Cc1cnc[nH]1)C(=O)N[C@@H](CO)C(=O)N[C@@H](Cc1c[nH]c2ccccc12)C(=O)N[C@@H](CCC(=O)O)C(=O)N[C@@H](Cc1cnc[nH]1)C(=O)O. The van der Waals surface area contributed by atoms with E-state index < -0.39 is 97.2 Å². The van der Waals surface area contributed by atoms with Gasteiger partial charge in [-0.05, 0) is 25.0 Å². The van der Waals surface area contributed by atoms with Crippen LogP contribution >= 0.6 is 0 Å². The van der Waals surface area contributed by atoms with Crippen LogP contribution in [0.15, 0.2) is 55.5 Å². The zero-order chi connectivity index (χ0) is 40.1. The number of rotatable bonds is 21. The van der Waals surface area contributed by atoms with Gasteiger partial charge in [0.05, 0.1) is 25.3 Å². The number of aromatic nitrogens is 5. The highest BCUT2D eigenvalue weighted by Gasteiger charge is 2.33. The van der Waals surface area contributed by atoms with Crippen molar-refractivity contribution in [3.05, 3.63) is 72.5 Å². The normalized spacial score (nSPS) is 14.4. The fourth-order valence-corrected chi connectivity index (χ4v) is 5.50. The molecule has 0 aliphatic carbocycles. The van der Waals surface area contributed by atoms with E-state index in [-0.39, 0.29) is 19.3 Å². The van der Waals surface area contributed by atoms with E-state index >= 15 is 0 Å². The van der Waals surface area contributed by atoms with Crippen molar-refractivity contribution in [3.8, 4) is 0 Å². The van der Waals surface area contributed by atoms with Gasteiger partial charge < -0.3 is 62.6 Å². The van der Waals surface area contributed by atoms with Gasteiger partial charge in [0.15, 0.2) is 0 Å². The summed E-state index contributed by atoms with van der Waals surface area (Å²) in [4.78, 5) is 106. The molecule has 1 aromatic carbocycles. The summed E-state index contributed by atoms with van der Waals surface area (Å²) in [6.45, 7) is 0.414. The predicted molar refractivity (Wildman–Crippen MR) is 191 cm³/mol. The van der Waals surface area contributed by atoms with Crippen LogP contribution in [0.2, 0.25) is 0 Å². The molecule has 0 bridgehead atoms. The van der Waals surface area contributed by atoms with Gasteiger partial charge in [0.1, 0.15) is 30.2 Å². The minimum Gasteiger partial charge on any atom is -0.481 e. The summed E-state index contributed by atoms with van der Waals surface area (Å²) in [7, 11) is 0. The predicted octanol–water partition coefficient (Wildman–Crippen LogP) is -2.65. The van der Waals surface area contributed by atoms with Gasteiger partial charge in [0.25, 0.3) is 0 Å². The molecule has 0 spiro atoms. The van der Waals surface area contributed by atoms with Gasteiger partial charge >= 0.3 is 11.9 Å². The average Bonchev–Trinajstić information content (AvgIpc) is 3.95. The molecule has 4 aromatic rings. The van der Waals surface area contributed by atoms with Crippen LogP contribution in [0.4, 0.5) is 0 Å². The molecule has 3 aromatic heterocycles. The molecule has 21 heteroatoms. The van der Waals surface area contributed by atoms with Crippen molar-refractivity contribution < 1.29 is 48.9 Å². The number of aromatic amines is 3. The molecule has 0 fully saturated rings. The van der Waals surface area contributed by atoms with Gasteiger partial charge in [-0.25, -0.2) is 14.8 Å². The molecule has 21 nitrogen and oxygen atoms in total. The van der Waals surface area contributed by atoms with E-state index in [1.807, 2.05) is 0 Å². The number of carbonyl (C=O) groups excluding carboxylic acids is 5. The summed E-state index contributed by atoms with van der Waals surface area (Å²) in [5, 5.41) is 41.9. The molecule has 3 heterocycles. The molecule has 6 atom stereocenters. The van der Waals surface area contributed by atoms with Crippen molar-refractivity contribution >= 4 is 52.4 Å². The molecule has 0 aliphatic rings. The number of aliphatic carboxylic acids is 2. The number of aliphatic hydroxyl groups excluding tert-OH is 1. The summed E-state index contributed by atoms with van der Waals surface area (Å²) in [5.74, 6) is -7.20. The summed E-state index contributed by atoms with van der Waals surface area (Å²) in [6.07, 6.45) is 5.89. The standard InChI is InChI=1S/C34H43N11O10/c1-17(41-30(50)22(35)9-19-12-36-15-39-19)29(49)45-27(14-46)33(53)43-25(8-18-11-38-23-5-3-2-4-21(18)23)32(52)42-24(6-7-28(47)48)31(51)44-26(34(54)55)10-20-13-37-16-40-20/h2-5,11-13,15-17,22,24-27,38,46H,6-10,14,35H2,1H3,(H,36,39)(H,37,40)(H,41,50)(H,42,52)(H,43,53)(H,44,51)(H,45,49)(H,47,48)(H,54,55)/t17-,22-,24-,25-,26-,27-/m0/s1. The summed E-state index contributed by atoms with van der Waals surface area (Å²) in [5.41, 5.74) is 8.18. The van der Waals surface area contributed by atoms with Crippen molar-refractivity contribution in [2.75, 3.05) is 6.61 Å². The Bertz CT molecular complexity index is 1950. The molecule has 294 valence electrons. The zero-order valence-electron chi connectivity index (χ0n) is 29.6. The number of nitrogens with one attached hydrogen (secondary N) is 8. The third-order valence-electron chi connectivity index (χ3n) is 8.50. The number of carboxylic acids is 2. The van der Waals surface area contributed by atoms with Crippen molar-refractivity contribution in [1.29, 1.82) is 0 Å². The lowest BCUT2D eigenvalue weighted by Crippen LogP contribution is -2.60. The number of benzene rings is 1. The topological polar surface area (TPSA) is 339 Å². The van der Waals surface area contributed by atoms with Crippen LogP contribution in [-0.4, -0.2) is 125 Å². The number of fused-ring (bicyclic) bond motifs is 1. The molecule has 0 saturated carbocycles. The maximum Gasteiger partial charge on any atom is 0.326 e. The number of amides is 5. The van der Waals surface area contributed by atoms with Crippen molar-refractivity contribution in [1.82, 2.24) is 51.5 Å². The quantitative estimate of drug-likeness (QED) is 0.0413. The van der Waals surface area contributed by atoms with Crippen LogP contribution in [0.3, 0.4) is 0 Å². The second kappa shape index (κ2) is 19.5. The highest BCUT2D eigenvalue weighted by molar-refractivity contribution is 5.97. The number of hydrogen-bond donors (Lipinski definition) is 12. The first kappa shape index (κ1) is 41.2. The van der Waals surface area contributed by atoms with Crippen molar-refractivity contribution in [2.24, 2.45) is 5.73 Å². The van der Waals surface area contributed by atoms with Gasteiger partial charge in [-0.1, -0.05) is 18.2 Å². The summed E-state index contributed by atoms with van der Waals surface area (Å²) < 4.78 is 0. The Morgan fingerprint density at radius 2 is 1.29 bits per heavy atom. The highest BCUT2D eigenvalue weighted by Crippen LogP contribution is 2.19. The second-order valence-electron chi connectivity index (χ2n) is 12.7. The third kappa shape index (κ3) is 11.9. The van der Waals surface area contributed by atoms with E-state index in [1.54, 1.807) is 30.5 Å². The zero-order valence-corrected chi connectivity index (χ0v) is 29.6. The molecule has 4 rings (SSSR count). The molecule has 0 aliphatic heterocycles. The number of carbonyl (C=O) groups is 7. The van der Waals surface area contributed by atoms with Gasteiger partial charge in [0.2, 0.25) is 29.5 Å². The van der Waals surface area contributed by atoms with Gasteiger partial charge in [-0.3, -0.25) is 28.8 Å². The molecular weight excluding hydrogens is 722 g/mol. The minimum absolute atomic E-state index is 0.103. The van der Waals surface area contributed by atoms with Gasteiger partial charge in [-0.15, -0.1) is 0 Å². The molecule has 13 N–H and O–H groups in total. The van der Waals surface area contributed by atoms with Crippen LogP contribution in [0.1, 0.15) is 36.7 Å². The number of para-hydroxylation sites is 1. The number of carboxylic acid groups (broad SMARTS) is 2. The monoisotopic (exact) mass is 765 g/mol. The van der Waals surface area contributed by atoms with E-state index in [2.05, 4.69) is 51.5 Å². The molecule has 5 amide bonds. The van der Waals surface area contributed by atoms with E-state index in [9.17, 15) is 48.9 Å². The van der Waals surface area contributed by atoms with E-state index in [0.29, 0.717) is 27.9 Å². The fourth-order valence-electron chi connectivity index (χ4n) is 5.50. The number of nitrogens with zero attached hydrogens (tertiary/aromatic N) is 2. The first-order valence-electron chi connectivity index (χ1n) is 17.1. The smallest absolute Gasteiger partial charge is 0.326 e. The molecule has 0 unspecified atom stereocenters. The number of H-pyrrole nitrogens is 3. The summed E-state index contributed by atoms with van der Waals surface area (Å²) in [6, 6.07) is -1.30. The van der Waals surface area contributed by atoms with Crippen LogP contribution in [0.5, 0.6) is 0 Å². The van der Waals surface area contributed by atoms with Crippen LogP contribution in [-0.2, 0) is 52.8 Å². The fraction of sp³-hybridized carbons (Fsp3) is 0.382. The van der Waals surface area contributed by atoms with E-state index in [4.69, 9.17) is 5.73 Å². The lowest BCUT2D eigenvalue weighted by Gasteiger charge is -2.26. The minimum atomic E-state index is -1.62. The van der Waals surface area contributed by atoms with E-state index in [1.165, 1.54) is 32.0 Å². The third-order valence-corrected chi connectivity index (χ3v) is 8.50. The van der Waals surface area contributed by atoms with Gasteiger partial charge in [0, 0.05) is 66.6 Å². The number of nitrogens with two attached hydrogens (primary N) is 1. The number of imidazole rings is 2. The molecular formula is C34H43N11O10. The molecule has 55 heavy (non-hydrogen) atoms. The van der Waals surface area contributed by atoms with E-state index in [0.717, 1.165) is 0 Å². The maximum atomic E-state index is 13.9. The Balaban J connectivity index is 1.50. The molecule has 0 radical (unpaired) electrons. The lowest BCUT2D eigenvalue weighted by molar-refractivity contribution is -0.143. The van der Waals surface area contributed by atoms with Crippen molar-refractivity contribution in [2.45, 2.75) is 75.3 Å².